The molecule has 2 atom stereocenters. The Morgan fingerprint density at radius 3 is 2.11 bits per heavy atom. The second-order valence-corrected chi connectivity index (χ2v) is 9.01. The molecule has 0 spiro atoms. The van der Waals surface area contributed by atoms with Crippen LogP contribution in [0.3, 0.4) is 0 Å². The van der Waals surface area contributed by atoms with Crippen LogP contribution in [0.15, 0.2) is 97.1 Å². The van der Waals surface area contributed by atoms with Crippen LogP contribution in [-0.2, 0) is 4.79 Å². The van der Waals surface area contributed by atoms with E-state index in [1.54, 1.807) is 25.2 Å². The van der Waals surface area contributed by atoms with Crippen molar-refractivity contribution >= 4 is 23.2 Å². The lowest BCUT2D eigenvalue weighted by atomic mass is 9.78. The molecule has 4 aromatic carbocycles. The predicted octanol–water partition coefficient (Wildman–Crippen LogP) is 6.14. The van der Waals surface area contributed by atoms with Gasteiger partial charge in [-0.2, -0.15) is 0 Å². The number of aryl methyl sites for hydroxylation is 1. The van der Waals surface area contributed by atoms with E-state index in [-0.39, 0.29) is 11.8 Å². The van der Waals surface area contributed by atoms with Gasteiger partial charge in [-0.05, 0) is 78.2 Å². The van der Waals surface area contributed by atoms with Gasteiger partial charge in [0.15, 0.2) is 0 Å². The normalized spacial score (nSPS) is 16.6. The van der Waals surface area contributed by atoms with Gasteiger partial charge in [0.25, 0.3) is 5.91 Å². The molecule has 6 nitrogen and oxygen atoms in total. The van der Waals surface area contributed by atoms with Crippen LogP contribution in [0.1, 0.15) is 39.0 Å². The van der Waals surface area contributed by atoms with Crippen molar-refractivity contribution in [3.8, 4) is 11.5 Å². The molecule has 4 aromatic rings. The molecule has 0 bridgehead atoms. The van der Waals surface area contributed by atoms with Crippen molar-refractivity contribution in [2.75, 3.05) is 24.4 Å². The van der Waals surface area contributed by atoms with Gasteiger partial charge in [0, 0.05) is 16.9 Å². The fraction of sp³-hybridized carbons (Fsp3) is 0.161. The van der Waals surface area contributed by atoms with Crippen molar-refractivity contribution < 1.29 is 19.1 Å². The number of anilines is 2. The summed E-state index contributed by atoms with van der Waals surface area (Å²) in [5, 5.41) is 3.10. The molecule has 37 heavy (non-hydrogen) atoms. The van der Waals surface area contributed by atoms with Gasteiger partial charge in [0.05, 0.1) is 26.2 Å². The third-order valence-corrected chi connectivity index (χ3v) is 6.71. The molecular formula is C31H28N2O4. The average Bonchev–Trinajstić information content (AvgIpc) is 2.93. The van der Waals surface area contributed by atoms with Crippen LogP contribution in [0.2, 0.25) is 0 Å². The van der Waals surface area contributed by atoms with Gasteiger partial charge in [-0.25, -0.2) is 0 Å². The summed E-state index contributed by atoms with van der Waals surface area (Å²) in [5.74, 6) is 0.363. The molecule has 0 saturated carbocycles. The van der Waals surface area contributed by atoms with Crippen LogP contribution in [0.5, 0.6) is 11.5 Å². The van der Waals surface area contributed by atoms with Crippen molar-refractivity contribution in [2.45, 2.75) is 18.9 Å². The number of rotatable bonds is 6. The number of methoxy groups -OCH3 is 2. The van der Waals surface area contributed by atoms with E-state index >= 15 is 0 Å². The quantitative estimate of drug-likeness (QED) is 0.351. The Labute approximate surface area is 216 Å². The molecule has 2 unspecified atom stereocenters. The van der Waals surface area contributed by atoms with Crippen LogP contribution >= 0.6 is 0 Å². The van der Waals surface area contributed by atoms with Gasteiger partial charge in [0.2, 0.25) is 5.91 Å². The highest BCUT2D eigenvalue weighted by Gasteiger charge is 2.45. The van der Waals surface area contributed by atoms with E-state index in [1.807, 2.05) is 97.9 Å². The number of nitrogens with zero attached hydrogens (tertiary/aromatic N) is 1. The summed E-state index contributed by atoms with van der Waals surface area (Å²) >= 11 is 0. The van der Waals surface area contributed by atoms with Crippen LogP contribution in [0.25, 0.3) is 0 Å². The van der Waals surface area contributed by atoms with E-state index in [2.05, 4.69) is 5.32 Å². The number of hydrogen-bond acceptors (Lipinski definition) is 4. The Morgan fingerprint density at radius 1 is 0.811 bits per heavy atom. The first kappa shape index (κ1) is 24.1. The van der Waals surface area contributed by atoms with Gasteiger partial charge in [0.1, 0.15) is 11.5 Å². The maximum absolute atomic E-state index is 14.0. The molecule has 0 aliphatic carbocycles. The number of benzene rings is 4. The summed E-state index contributed by atoms with van der Waals surface area (Å²) < 4.78 is 10.7. The minimum atomic E-state index is -0.662. The molecular weight excluding hydrogens is 464 g/mol. The van der Waals surface area contributed by atoms with Crippen molar-refractivity contribution in [3.63, 3.8) is 0 Å². The summed E-state index contributed by atoms with van der Waals surface area (Å²) in [5.41, 5.74) is 4.46. The Bertz CT molecular complexity index is 1430. The summed E-state index contributed by atoms with van der Waals surface area (Å²) in [6, 6.07) is 29.3. The van der Waals surface area contributed by atoms with Crippen LogP contribution < -0.4 is 19.7 Å². The second-order valence-electron chi connectivity index (χ2n) is 9.01. The lowest BCUT2D eigenvalue weighted by Crippen LogP contribution is -2.46. The van der Waals surface area contributed by atoms with Gasteiger partial charge in [-0.1, -0.05) is 42.5 Å². The number of ether oxygens (including phenoxy) is 2. The zero-order valence-corrected chi connectivity index (χ0v) is 21.0. The standard InChI is InChI=1S/C31H28N2O4/c1-20-7-6-8-22(19-20)32-30(34)28-26-9-4-5-10-27(26)31(35)33(23-13-17-25(37-3)18-14-23)29(28)21-11-15-24(36-2)16-12-21/h4-19,28-29H,1-3H3,(H,32,34). The summed E-state index contributed by atoms with van der Waals surface area (Å²) in [6.07, 6.45) is 0. The summed E-state index contributed by atoms with van der Waals surface area (Å²) in [6.45, 7) is 1.98. The highest BCUT2D eigenvalue weighted by atomic mass is 16.5. The van der Waals surface area contributed by atoms with Crippen molar-refractivity contribution in [2.24, 2.45) is 0 Å². The molecule has 6 heteroatoms. The predicted molar refractivity (Wildman–Crippen MR) is 145 cm³/mol. The van der Waals surface area contributed by atoms with Gasteiger partial charge in [-0.3, -0.25) is 14.5 Å². The van der Waals surface area contributed by atoms with Gasteiger partial charge >= 0.3 is 0 Å². The lowest BCUT2D eigenvalue weighted by molar-refractivity contribution is -0.118. The maximum atomic E-state index is 14.0. The number of nitrogens with one attached hydrogen (secondary N) is 1. The third-order valence-electron chi connectivity index (χ3n) is 6.71. The fourth-order valence-corrected chi connectivity index (χ4v) is 4.93. The molecule has 0 saturated heterocycles. The SMILES string of the molecule is COc1ccc(C2C(C(=O)Nc3cccc(C)c3)c3ccccc3C(=O)N2c2ccc(OC)cc2)cc1. The van der Waals surface area contributed by atoms with Crippen LogP contribution in [0.4, 0.5) is 11.4 Å². The fourth-order valence-electron chi connectivity index (χ4n) is 4.93. The molecule has 5 rings (SSSR count). The Morgan fingerprint density at radius 2 is 1.46 bits per heavy atom. The lowest BCUT2D eigenvalue weighted by Gasteiger charge is -2.42. The number of carbonyl (C=O) groups is 2. The average molecular weight is 493 g/mol. The first-order valence-electron chi connectivity index (χ1n) is 12.1. The Balaban J connectivity index is 1.68. The molecule has 1 aliphatic heterocycles. The molecule has 2 amide bonds. The molecule has 1 aliphatic rings. The summed E-state index contributed by atoms with van der Waals surface area (Å²) in [4.78, 5) is 29.7. The zero-order valence-electron chi connectivity index (χ0n) is 21.0. The first-order valence-corrected chi connectivity index (χ1v) is 12.1. The van der Waals surface area contributed by atoms with E-state index in [0.717, 1.165) is 11.1 Å². The van der Waals surface area contributed by atoms with Crippen molar-refractivity contribution in [3.05, 3.63) is 119 Å². The monoisotopic (exact) mass is 492 g/mol. The Hall–Kier alpha value is -4.58. The molecule has 1 heterocycles. The minimum absolute atomic E-state index is 0.166. The second kappa shape index (κ2) is 10.2. The zero-order chi connectivity index (χ0) is 25.9. The number of hydrogen-bond donors (Lipinski definition) is 1. The van der Waals surface area contributed by atoms with Gasteiger partial charge < -0.3 is 14.8 Å². The highest BCUT2D eigenvalue weighted by Crippen LogP contribution is 2.46. The van der Waals surface area contributed by atoms with E-state index in [1.165, 1.54) is 0 Å². The van der Waals surface area contributed by atoms with E-state index in [4.69, 9.17) is 9.47 Å². The van der Waals surface area contributed by atoms with E-state index in [9.17, 15) is 9.59 Å². The molecule has 1 N–H and O–H groups in total. The maximum Gasteiger partial charge on any atom is 0.259 e. The molecule has 0 aromatic heterocycles. The molecule has 0 fully saturated rings. The highest BCUT2D eigenvalue weighted by molar-refractivity contribution is 6.12. The van der Waals surface area contributed by atoms with E-state index in [0.29, 0.717) is 34.0 Å². The largest absolute Gasteiger partial charge is 0.497 e. The van der Waals surface area contributed by atoms with Crippen LogP contribution in [0, 0.1) is 6.92 Å². The smallest absolute Gasteiger partial charge is 0.259 e. The number of fused-ring (bicyclic) bond motifs is 1. The third kappa shape index (κ3) is 4.66. The van der Waals surface area contributed by atoms with Gasteiger partial charge in [-0.15, -0.1) is 0 Å². The number of carbonyl (C=O) groups excluding carboxylic acids is 2. The first-order chi connectivity index (χ1) is 18.0. The Kier molecular flexibility index (Phi) is 6.64. The summed E-state index contributed by atoms with van der Waals surface area (Å²) in [7, 11) is 3.21. The van der Waals surface area contributed by atoms with Crippen molar-refractivity contribution in [1.29, 1.82) is 0 Å². The molecule has 0 radical (unpaired) electrons. The number of amides is 2. The van der Waals surface area contributed by atoms with Crippen LogP contribution in [-0.4, -0.2) is 26.0 Å². The topological polar surface area (TPSA) is 67.9 Å². The minimum Gasteiger partial charge on any atom is -0.497 e. The molecule has 186 valence electrons. The van der Waals surface area contributed by atoms with Crippen molar-refractivity contribution in [1.82, 2.24) is 0 Å². The van der Waals surface area contributed by atoms with E-state index < -0.39 is 12.0 Å².